The molecule has 1 fully saturated rings. The smallest absolute Gasteiger partial charge is 0.261 e. The van der Waals surface area contributed by atoms with Gasteiger partial charge in [0.25, 0.3) is 10.0 Å². The number of rotatable bonds is 6. The van der Waals surface area contributed by atoms with E-state index in [-0.39, 0.29) is 16.3 Å². The highest BCUT2D eigenvalue weighted by Gasteiger charge is 2.41. The summed E-state index contributed by atoms with van der Waals surface area (Å²) in [4.78, 5) is 12.1. The van der Waals surface area contributed by atoms with Crippen LogP contribution in [0.1, 0.15) is 13.8 Å². The summed E-state index contributed by atoms with van der Waals surface area (Å²) >= 11 is 0. The fourth-order valence-electron chi connectivity index (χ4n) is 2.85. The van der Waals surface area contributed by atoms with Crippen molar-refractivity contribution in [3.05, 3.63) is 48.5 Å². The largest absolute Gasteiger partial charge is 0.494 e. The van der Waals surface area contributed by atoms with E-state index < -0.39 is 31.9 Å². The monoisotopic (exact) mass is 424 g/mol. The predicted octanol–water partition coefficient (Wildman–Crippen LogP) is 2.20. The lowest BCUT2D eigenvalue weighted by molar-refractivity contribution is -0.119. The van der Waals surface area contributed by atoms with E-state index in [4.69, 9.17) is 4.74 Å². The standard InChI is InChI=1S/C18H20N2O6S2/c1-3-26-16-8-4-14(5-9-16)19-28(24,25)17-10-6-15(7-11-17)20-18(21)13(2)12-27(20,22)23/h4-11,13,19H,3,12H2,1-2H3. The maximum Gasteiger partial charge on any atom is 0.261 e. The fraction of sp³-hybridized carbons (Fsp3) is 0.278. The average molecular weight is 425 g/mol. The highest BCUT2D eigenvalue weighted by Crippen LogP contribution is 2.29. The molecule has 0 aliphatic carbocycles. The molecule has 10 heteroatoms. The van der Waals surface area contributed by atoms with Crippen molar-refractivity contribution in [1.29, 1.82) is 0 Å². The molecule has 1 saturated heterocycles. The Hall–Kier alpha value is -2.59. The van der Waals surface area contributed by atoms with Gasteiger partial charge in [0, 0.05) is 5.69 Å². The zero-order chi connectivity index (χ0) is 20.5. The van der Waals surface area contributed by atoms with Crippen LogP contribution in [0.25, 0.3) is 0 Å². The Morgan fingerprint density at radius 2 is 1.71 bits per heavy atom. The second-order valence-corrected chi connectivity index (χ2v) is 9.88. The Labute approximate surface area is 164 Å². The molecule has 28 heavy (non-hydrogen) atoms. The van der Waals surface area contributed by atoms with E-state index in [1.165, 1.54) is 24.3 Å². The van der Waals surface area contributed by atoms with Gasteiger partial charge in [0.05, 0.1) is 28.9 Å². The lowest BCUT2D eigenvalue weighted by Crippen LogP contribution is -2.30. The number of sulfonamides is 2. The molecule has 1 aliphatic rings. The average Bonchev–Trinajstić information content (AvgIpc) is 2.84. The van der Waals surface area contributed by atoms with E-state index in [9.17, 15) is 21.6 Å². The molecule has 150 valence electrons. The van der Waals surface area contributed by atoms with E-state index in [1.54, 1.807) is 31.2 Å². The van der Waals surface area contributed by atoms with Crippen molar-refractivity contribution in [1.82, 2.24) is 0 Å². The third kappa shape index (κ3) is 3.97. The van der Waals surface area contributed by atoms with Gasteiger partial charge in [-0.3, -0.25) is 9.52 Å². The lowest BCUT2D eigenvalue weighted by Gasteiger charge is -2.16. The van der Waals surface area contributed by atoms with Crippen molar-refractivity contribution < 1.29 is 26.4 Å². The van der Waals surface area contributed by atoms with Crippen molar-refractivity contribution in [3.63, 3.8) is 0 Å². The number of amides is 1. The Kier molecular flexibility index (Phi) is 5.35. The first-order valence-corrected chi connectivity index (χ1v) is 11.7. The number of benzene rings is 2. The summed E-state index contributed by atoms with van der Waals surface area (Å²) in [5, 5.41) is 0. The highest BCUT2D eigenvalue weighted by atomic mass is 32.2. The van der Waals surface area contributed by atoms with Gasteiger partial charge in [-0.25, -0.2) is 21.1 Å². The number of nitrogens with zero attached hydrogens (tertiary/aromatic N) is 1. The van der Waals surface area contributed by atoms with Crippen LogP contribution < -0.4 is 13.8 Å². The lowest BCUT2D eigenvalue weighted by atomic mass is 10.2. The minimum Gasteiger partial charge on any atom is -0.494 e. The molecule has 1 amide bonds. The van der Waals surface area contributed by atoms with Crippen molar-refractivity contribution in [2.24, 2.45) is 5.92 Å². The van der Waals surface area contributed by atoms with Gasteiger partial charge >= 0.3 is 0 Å². The SMILES string of the molecule is CCOc1ccc(NS(=O)(=O)c2ccc(N3C(=O)C(C)CS3(=O)=O)cc2)cc1. The molecule has 0 bridgehead atoms. The zero-order valence-electron chi connectivity index (χ0n) is 15.3. The molecule has 0 saturated carbocycles. The number of hydrogen-bond acceptors (Lipinski definition) is 6. The van der Waals surface area contributed by atoms with Crippen LogP contribution in [0, 0.1) is 5.92 Å². The molecule has 0 aromatic heterocycles. The van der Waals surface area contributed by atoms with Gasteiger partial charge in [0.2, 0.25) is 15.9 Å². The van der Waals surface area contributed by atoms with Crippen LogP contribution in [-0.2, 0) is 24.8 Å². The summed E-state index contributed by atoms with van der Waals surface area (Å²) in [6.07, 6.45) is 0. The number of anilines is 2. The van der Waals surface area contributed by atoms with E-state index in [2.05, 4.69) is 4.72 Å². The van der Waals surface area contributed by atoms with Gasteiger partial charge in [-0.05, 0) is 55.5 Å². The Bertz CT molecular complexity index is 1080. The van der Waals surface area contributed by atoms with Crippen LogP contribution >= 0.6 is 0 Å². The molecule has 2 aromatic rings. The van der Waals surface area contributed by atoms with Crippen molar-refractivity contribution in [2.75, 3.05) is 21.4 Å². The molecule has 2 aromatic carbocycles. The van der Waals surface area contributed by atoms with Gasteiger partial charge in [0.15, 0.2) is 0 Å². The maximum atomic E-state index is 12.5. The van der Waals surface area contributed by atoms with Crippen LogP contribution in [0.15, 0.2) is 53.4 Å². The fourth-order valence-corrected chi connectivity index (χ4v) is 5.73. The van der Waals surface area contributed by atoms with Gasteiger partial charge in [0.1, 0.15) is 5.75 Å². The molecule has 1 aliphatic heterocycles. The van der Waals surface area contributed by atoms with Gasteiger partial charge in [-0.1, -0.05) is 6.92 Å². The normalized spacial score (nSPS) is 18.9. The summed E-state index contributed by atoms with van der Waals surface area (Å²) < 4.78 is 57.9. The highest BCUT2D eigenvalue weighted by molar-refractivity contribution is 7.94. The van der Waals surface area contributed by atoms with Crippen molar-refractivity contribution in [3.8, 4) is 5.75 Å². The van der Waals surface area contributed by atoms with E-state index >= 15 is 0 Å². The number of carbonyl (C=O) groups is 1. The second-order valence-electron chi connectivity index (χ2n) is 6.34. The van der Waals surface area contributed by atoms with E-state index in [1.807, 2.05) is 6.92 Å². The molecular formula is C18H20N2O6S2. The molecule has 3 rings (SSSR count). The second kappa shape index (κ2) is 7.44. The molecule has 1 N–H and O–H groups in total. The first-order chi connectivity index (χ1) is 13.1. The maximum absolute atomic E-state index is 12.5. The Balaban J connectivity index is 1.81. The first-order valence-electron chi connectivity index (χ1n) is 8.56. The quantitative estimate of drug-likeness (QED) is 0.761. The van der Waals surface area contributed by atoms with Gasteiger partial charge < -0.3 is 4.74 Å². The molecule has 1 atom stereocenters. The molecule has 8 nitrogen and oxygen atoms in total. The van der Waals surface area contributed by atoms with Crippen molar-refractivity contribution >= 4 is 37.3 Å². The zero-order valence-corrected chi connectivity index (χ0v) is 17.0. The number of hydrogen-bond donors (Lipinski definition) is 1. The van der Waals surface area contributed by atoms with Crippen LogP contribution in [0.3, 0.4) is 0 Å². The summed E-state index contributed by atoms with van der Waals surface area (Å²) in [5.41, 5.74) is 0.480. The summed E-state index contributed by atoms with van der Waals surface area (Å²) in [6, 6.07) is 11.6. The summed E-state index contributed by atoms with van der Waals surface area (Å²) in [7, 11) is -7.61. The van der Waals surface area contributed by atoms with E-state index in [0.29, 0.717) is 18.0 Å². The molecule has 1 unspecified atom stereocenters. The minimum atomic E-state index is -3.88. The van der Waals surface area contributed by atoms with E-state index in [0.717, 1.165) is 4.31 Å². The van der Waals surface area contributed by atoms with Crippen LogP contribution in [0.2, 0.25) is 0 Å². The number of ether oxygens (including phenoxy) is 1. The molecule has 1 heterocycles. The molecule has 0 spiro atoms. The van der Waals surface area contributed by atoms with Crippen LogP contribution in [0.5, 0.6) is 5.75 Å². The number of nitrogens with one attached hydrogen (secondary N) is 1. The third-order valence-electron chi connectivity index (χ3n) is 4.16. The van der Waals surface area contributed by atoms with Crippen molar-refractivity contribution in [2.45, 2.75) is 18.7 Å². The third-order valence-corrected chi connectivity index (χ3v) is 7.43. The van der Waals surface area contributed by atoms with Crippen LogP contribution in [0.4, 0.5) is 11.4 Å². The predicted molar refractivity (Wildman–Crippen MR) is 105 cm³/mol. The number of carbonyl (C=O) groups excluding carboxylic acids is 1. The Morgan fingerprint density at radius 3 is 2.21 bits per heavy atom. The first kappa shape index (κ1) is 20.2. The van der Waals surface area contributed by atoms with Gasteiger partial charge in [-0.15, -0.1) is 0 Å². The summed E-state index contributed by atoms with van der Waals surface area (Å²) in [6.45, 7) is 3.90. The topological polar surface area (TPSA) is 110 Å². The summed E-state index contributed by atoms with van der Waals surface area (Å²) in [5.74, 6) is -0.788. The Morgan fingerprint density at radius 1 is 1.11 bits per heavy atom. The molecule has 0 radical (unpaired) electrons. The van der Waals surface area contributed by atoms with Crippen LogP contribution in [-0.4, -0.2) is 35.1 Å². The van der Waals surface area contributed by atoms with Gasteiger partial charge in [-0.2, -0.15) is 0 Å². The minimum absolute atomic E-state index is 0.0535. The molecular weight excluding hydrogens is 404 g/mol.